The maximum atomic E-state index is 14.5. The fourth-order valence-electron chi connectivity index (χ4n) is 4.45. The molecule has 8 nitrogen and oxygen atoms in total. The maximum absolute atomic E-state index is 14.5. The first kappa shape index (κ1) is 22.7. The molecule has 1 aromatic carbocycles. The van der Waals surface area contributed by atoms with Gasteiger partial charge in [-0.1, -0.05) is 0 Å². The number of aromatic nitrogens is 4. The number of nitrogens with zero attached hydrogens (tertiary/aromatic N) is 6. The number of benzene rings is 1. The number of carbonyl (C=O) groups excluding carboxylic acids is 1. The van der Waals surface area contributed by atoms with E-state index >= 15 is 0 Å². The number of ether oxygens (including phenoxy) is 1. The van der Waals surface area contributed by atoms with E-state index < -0.39 is 11.6 Å². The number of hydrogen-bond donors (Lipinski definition) is 0. The Kier molecular flexibility index (Phi) is 5.73. The number of rotatable bonds is 3. The van der Waals surface area contributed by atoms with Crippen molar-refractivity contribution in [2.75, 3.05) is 39.8 Å². The molecule has 0 radical (unpaired) electrons. The van der Waals surface area contributed by atoms with Gasteiger partial charge in [-0.05, 0) is 42.9 Å². The first-order valence-corrected chi connectivity index (χ1v) is 12.4. The van der Waals surface area contributed by atoms with Crippen LogP contribution in [0.25, 0.3) is 27.0 Å². The minimum Gasteiger partial charge on any atom is -0.491 e. The quantitative estimate of drug-likeness (QED) is 0.421. The summed E-state index contributed by atoms with van der Waals surface area (Å²) in [6, 6.07) is 8.83. The topological polar surface area (TPSA) is 76.4 Å². The van der Waals surface area contributed by atoms with E-state index in [0.29, 0.717) is 49.1 Å². The Bertz CT molecular complexity index is 1460. The molecule has 0 N–H and O–H groups in total. The van der Waals surface area contributed by atoms with E-state index in [9.17, 15) is 13.6 Å². The second-order valence-electron chi connectivity index (χ2n) is 8.79. The minimum absolute atomic E-state index is 0.0972. The standard InChI is InChI=1S/C25H22F2N6O2S/c1-31-7-9-32(10-8-31)25(34)18-3-5-20-22(30-18)23-15(6-11-35-20)12-21(36-23)24-28-14-29-33(24)19-4-2-16(26)13-17(19)27/h2-5,12-14H,6-11H2,1H3. The molecule has 2 aliphatic heterocycles. The lowest BCUT2D eigenvalue weighted by atomic mass is 10.1. The van der Waals surface area contributed by atoms with Crippen molar-refractivity contribution in [3.05, 3.63) is 65.6 Å². The molecule has 5 heterocycles. The summed E-state index contributed by atoms with van der Waals surface area (Å²) in [7, 11) is 2.04. The fourth-order valence-corrected chi connectivity index (χ4v) is 5.64. The van der Waals surface area contributed by atoms with Crippen LogP contribution in [0, 0.1) is 11.6 Å². The number of thiophene rings is 1. The molecular formula is C25H22F2N6O2S. The zero-order chi connectivity index (χ0) is 24.8. The number of amides is 1. The molecule has 36 heavy (non-hydrogen) atoms. The van der Waals surface area contributed by atoms with Crippen molar-refractivity contribution < 1.29 is 18.3 Å². The smallest absolute Gasteiger partial charge is 0.272 e. The first-order valence-electron chi connectivity index (χ1n) is 11.6. The number of fused-ring (bicyclic) bond motifs is 3. The lowest BCUT2D eigenvalue weighted by Gasteiger charge is -2.32. The third-order valence-electron chi connectivity index (χ3n) is 6.43. The van der Waals surface area contributed by atoms with Crippen LogP contribution >= 0.6 is 11.3 Å². The molecule has 1 amide bonds. The highest BCUT2D eigenvalue weighted by molar-refractivity contribution is 7.19. The average Bonchev–Trinajstić information content (AvgIpc) is 3.48. The monoisotopic (exact) mass is 508 g/mol. The van der Waals surface area contributed by atoms with Crippen molar-refractivity contribution in [3.8, 4) is 32.7 Å². The first-order chi connectivity index (χ1) is 17.5. The van der Waals surface area contributed by atoms with Crippen molar-refractivity contribution in [3.63, 3.8) is 0 Å². The van der Waals surface area contributed by atoms with E-state index in [1.165, 1.54) is 34.5 Å². The minimum atomic E-state index is -0.729. The van der Waals surface area contributed by atoms with Gasteiger partial charge in [0.15, 0.2) is 11.6 Å². The van der Waals surface area contributed by atoms with Gasteiger partial charge in [0.1, 0.15) is 35.0 Å². The molecule has 0 bridgehead atoms. The van der Waals surface area contributed by atoms with Gasteiger partial charge in [0, 0.05) is 38.7 Å². The van der Waals surface area contributed by atoms with Crippen LogP contribution in [0.5, 0.6) is 5.75 Å². The third kappa shape index (κ3) is 4.03. The SMILES string of the molecule is CN1CCN(C(=O)c2ccc3c(n2)-c2sc(-c4ncnn4-c4ccc(F)cc4F)cc2CCO3)CC1. The molecule has 0 atom stereocenters. The Hall–Kier alpha value is -3.70. The van der Waals surface area contributed by atoms with Crippen molar-refractivity contribution >= 4 is 17.2 Å². The Morgan fingerprint density at radius 3 is 2.72 bits per heavy atom. The summed E-state index contributed by atoms with van der Waals surface area (Å²) < 4.78 is 35.2. The zero-order valence-corrected chi connectivity index (χ0v) is 20.3. The molecule has 0 aliphatic carbocycles. The summed E-state index contributed by atoms with van der Waals surface area (Å²) >= 11 is 1.43. The van der Waals surface area contributed by atoms with Gasteiger partial charge in [-0.15, -0.1) is 11.3 Å². The van der Waals surface area contributed by atoms with Gasteiger partial charge in [0.2, 0.25) is 0 Å². The van der Waals surface area contributed by atoms with Crippen LogP contribution < -0.4 is 4.74 Å². The number of hydrogen-bond acceptors (Lipinski definition) is 7. The van der Waals surface area contributed by atoms with E-state index in [4.69, 9.17) is 9.72 Å². The van der Waals surface area contributed by atoms with E-state index in [1.807, 2.05) is 18.0 Å². The van der Waals surface area contributed by atoms with Crippen molar-refractivity contribution in [1.82, 2.24) is 29.5 Å². The van der Waals surface area contributed by atoms with E-state index in [-0.39, 0.29) is 11.6 Å². The van der Waals surface area contributed by atoms with Crippen molar-refractivity contribution in [1.29, 1.82) is 0 Å². The predicted octanol–water partition coefficient (Wildman–Crippen LogP) is 3.66. The number of piperazine rings is 1. The summed E-state index contributed by atoms with van der Waals surface area (Å²) in [5.41, 5.74) is 2.09. The lowest BCUT2D eigenvalue weighted by molar-refractivity contribution is 0.0658. The largest absolute Gasteiger partial charge is 0.491 e. The Morgan fingerprint density at radius 1 is 1.08 bits per heavy atom. The van der Waals surface area contributed by atoms with Gasteiger partial charge in [-0.2, -0.15) is 5.10 Å². The van der Waals surface area contributed by atoms with Gasteiger partial charge < -0.3 is 14.5 Å². The number of halogens is 2. The average molecular weight is 509 g/mol. The molecule has 4 aromatic rings. The van der Waals surface area contributed by atoms with Crippen LogP contribution in [-0.2, 0) is 6.42 Å². The molecule has 1 fully saturated rings. The molecule has 1 saturated heterocycles. The highest BCUT2D eigenvalue weighted by Gasteiger charge is 2.27. The molecule has 184 valence electrons. The molecule has 6 rings (SSSR count). The van der Waals surface area contributed by atoms with Crippen molar-refractivity contribution in [2.24, 2.45) is 0 Å². The highest BCUT2D eigenvalue weighted by Crippen LogP contribution is 2.43. The van der Waals surface area contributed by atoms with Crippen LogP contribution in [0.2, 0.25) is 0 Å². The molecular weight excluding hydrogens is 486 g/mol. The van der Waals surface area contributed by atoms with E-state index in [1.54, 1.807) is 12.1 Å². The Morgan fingerprint density at radius 2 is 1.92 bits per heavy atom. The number of carbonyl (C=O) groups is 1. The summed E-state index contributed by atoms with van der Waals surface area (Å²) in [4.78, 5) is 27.9. The normalized spacial score (nSPS) is 15.7. The second-order valence-corrected chi connectivity index (χ2v) is 9.85. The number of pyridine rings is 1. The van der Waals surface area contributed by atoms with Gasteiger partial charge in [0.05, 0.1) is 16.4 Å². The van der Waals surface area contributed by atoms with Crippen LogP contribution in [0.1, 0.15) is 16.1 Å². The highest BCUT2D eigenvalue weighted by atomic mass is 32.1. The number of likely N-dealkylation sites (N-methyl/N-ethyl adjacent to an activating group) is 1. The fraction of sp³-hybridized carbons (Fsp3) is 0.280. The summed E-state index contributed by atoms with van der Waals surface area (Å²) in [6.45, 7) is 3.44. The zero-order valence-electron chi connectivity index (χ0n) is 19.4. The maximum Gasteiger partial charge on any atom is 0.272 e. The summed E-state index contributed by atoms with van der Waals surface area (Å²) in [6.07, 6.45) is 1.98. The molecule has 0 saturated carbocycles. The van der Waals surface area contributed by atoms with E-state index in [0.717, 1.165) is 34.5 Å². The Labute approximate surface area is 209 Å². The van der Waals surface area contributed by atoms with Gasteiger partial charge in [-0.3, -0.25) is 4.79 Å². The third-order valence-corrected chi connectivity index (χ3v) is 7.61. The summed E-state index contributed by atoms with van der Waals surface area (Å²) in [5.74, 6) is -0.438. The Balaban J connectivity index is 1.38. The molecule has 2 aliphatic rings. The van der Waals surface area contributed by atoms with Crippen LogP contribution in [0.15, 0.2) is 42.7 Å². The van der Waals surface area contributed by atoms with Crippen LogP contribution in [-0.4, -0.2) is 75.3 Å². The van der Waals surface area contributed by atoms with E-state index in [2.05, 4.69) is 15.0 Å². The van der Waals surface area contributed by atoms with Gasteiger partial charge in [0.25, 0.3) is 5.91 Å². The molecule has 3 aromatic heterocycles. The molecule has 0 unspecified atom stereocenters. The lowest BCUT2D eigenvalue weighted by Crippen LogP contribution is -2.47. The molecule has 0 spiro atoms. The van der Waals surface area contributed by atoms with Crippen LogP contribution in [0.4, 0.5) is 8.78 Å². The van der Waals surface area contributed by atoms with Crippen molar-refractivity contribution in [2.45, 2.75) is 6.42 Å². The van der Waals surface area contributed by atoms with Gasteiger partial charge in [-0.25, -0.2) is 23.4 Å². The predicted molar refractivity (Wildman–Crippen MR) is 130 cm³/mol. The second kappa shape index (κ2) is 9.07. The van der Waals surface area contributed by atoms with Gasteiger partial charge >= 0.3 is 0 Å². The summed E-state index contributed by atoms with van der Waals surface area (Å²) in [5, 5.41) is 4.17. The molecule has 11 heteroatoms. The van der Waals surface area contributed by atoms with Crippen LogP contribution in [0.3, 0.4) is 0 Å².